The van der Waals surface area contributed by atoms with E-state index in [-0.39, 0.29) is 19.4 Å². The van der Waals surface area contributed by atoms with Gasteiger partial charge in [-0.3, -0.25) is 9.59 Å². The number of halogens is 3. The quantitative estimate of drug-likeness (QED) is 0.841. The van der Waals surface area contributed by atoms with E-state index in [0.717, 1.165) is 5.56 Å². The summed E-state index contributed by atoms with van der Waals surface area (Å²) in [6.07, 6.45) is -4.99. The SMILES string of the molecule is O=C(O)CC(CNC(=O)C(F)(F)F)Cc1ccccc1. The first kappa shape index (κ1) is 16.0. The van der Waals surface area contributed by atoms with Gasteiger partial charge in [0.2, 0.25) is 0 Å². The molecule has 0 heterocycles. The first-order chi connectivity index (χ1) is 9.29. The minimum absolute atomic E-state index is 0.283. The number of carboxylic acid groups (broad SMARTS) is 1. The molecule has 1 aromatic rings. The molecule has 1 unspecified atom stereocenters. The zero-order valence-corrected chi connectivity index (χ0v) is 10.5. The number of carboxylic acids is 1. The lowest BCUT2D eigenvalue weighted by atomic mass is 9.96. The summed E-state index contributed by atoms with van der Waals surface area (Å²) in [7, 11) is 0. The van der Waals surface area contributed by atoms with Crippen LogP contribution in [0.4, 0.5) is 13.2 Å². The number of amides is 1. The highest BCUT2D eigenvalue weighted by Crippen LogP contribution is 2.16. The average Bonchev–Trinajstić information content (AvgIpc) is 2.35. The van der Waals surface area contributed by atoms with Gasteiger partial charge in [-0.05, 0) is 17.9 Å². The molecule has 110 valence electrons. The number of aliphatic carboxylic acids is 1. The van der Waals surface area contributed by atoms with E-state index in [9.17, 15) is 22.8 Å². The second-order valence-corrected chi connectivity index (χ2v) is 4.36. The monoisotopic (exact) mass is 289 g/mol. The molecule has 1 atom stereocenters. The first-order valence-corrected chi connectivity index (χ1v) is 5.89. The predicted octanol–water partition coefficient (Wildman–Crippen LogP) is 2.00. The van der Waals surface area contributed by atoms with Crippen LogP contribution in [0, 0.1) is 5.92 Å². The summed E-state index contributed by atoms with van der Waals surface area (Å²) in [5.74, 6) is -3.77. The van der Waals surface area contributed by atoms with E-state index in [1.54, 1.807) is 35.6 Å². The van der Waals surface area contributed by atoms with Crippen molar-refractivity contribution in [3.05, 3.63) is 35.9 Å². The number of carbonyl (C=O) groups is 2. The van der Waals surface area contributed by atoms with Crippen molar-refractivity contribution in [2.75, 3.05) is 6.54 Å². The summed E-state index contributed by atoms with van der Waals surface area (Å²) in [6, 6.07) is 8.78. The number of benzene rings is 1. The molecule has 7 heteroatoms. The zero-order valence-electron chi connectivity index (χ0n) is 10.5. The highest BCUT2D eigenvalue weighted by atomic mass is 19.4. The number of alkyl halides is 3. The fourth-order valence-corrected chi connectivity index (χ4v) is 1.75. The third-order valence-electron chi connectivity index (χ3n) is 2.64. The van der Waals surface area contributed by atoms with E-state index in [2.05, 4.69) is 0 Å². The molecule has 0 radical (unpaired) electrons. The fraction of sp³-hybridized carbons (Fsp3) is 0.385. The van der Waals surface area contributed by atoms with Crippen molar-refractivity contribution in [3.8, 4) is 0 Å². The lowest BCUT2D eigenvalue weighted by molar-refractivity contribution is -0.173. The normalized spacial score (nSPS) is 12.8. The van der Waals surface area contributed by atoms with Crippen LogP contribution >= 0.6 is 0 Å². The van der Waals surface area contributed by atoms with Gasteiger partial charge in [-0.2, -0.15) is 13.2 Å². The van der Waals surface area contributed by atoms with Gasteiger partial charge in [0.25, 0.3) is 0 Å². The van der Waals surface area contributed by atoms with E-state index in [1.165, 1.54) is 0 Å². The smallest absolute Gasteiger partial charge is 0.471 e. The Kier molecular flexibility index (Phi) is 5.54. The zero-order chi connectivity index (χ0) is 15.2. The third-order valence-corrected chi connectivity index (χ3v) is 2.64. The lowest BCUT2D eigenvalue weighted by Crippen LogP contribution is -2.40. The molecule has 1 amide bonds. The summed E-state index contributed by atoms with van der Waals surface area (Å²) >= 11 is 0. The molecule has 0 saturated heterocycles. The van der Waals surface area contributed by atoms with Gasteiger partial charge in [-0.1, -0.05) is 30.3 Å². The third kappa shape index (κ3) is 5.73. The molecule has 4 nitrogen and oxygen atoms in total. The van der Waals surface area contributed by atoms with Crippen LogP contribution in [0.5, 0.6) is 0 Å². The van der Waals surface area contributed by atoms with E-state index in [4.69, 9.17) is 5.11 Å². The van der Waals surface area contributed by atoms with E-state index < -0.39 is 24.0 Å². The Balaban J connectivity index is 2.61. The van der Waals surface area contributed by atoms with E-state index >= 15 is 0 Å². The molecule has 1 aromatic carbocycles. The Morgan fingerprint density at radius 2 is 1.80 bits per heavy atom. The van der Waals surface area contributed by atoms with Crippen molar-refractivity contribution in [3.63, 3.8) is 0 Å². The van der Waals surface area contributed by atoms with Crippen molar-refractivity contribution < 1.29 is 27.9 Å². The van der Waals surface area contributed by atoms with Gasteiger partial charge < -0.3 is 10.4 Å². The molecule has 0 aromatic heterocycles. The van der Waals surface area contributed by atoms with E-state index in [1.807, 2.05) is 0 Å². The molecule has 0 bridgehead atoms. The van der Waals surface area contributed by atoms with Gasteiger partial charge in [-0.25, -0.2) is 0 Å². The van der Waals surface area contributed by atoms with Crippen LogP contribution in [-0.2, 0) is 16.0 Å². The second-order valence-electron chi connectivity index (χ2n) is 4.36. The number of nitrogens with one attached hydrogen (secondary N) is 1. The molecular weight excluding hydrogens is 275 g/mol. The van der Waals surface area contributed by atoms with Crippen LogP contribution in [0.2, 0.25) is 0 Å². The maximum absolute atomic E-state index is 12.1. The van der Waals surface area contributed by atoms with Crippen molar-refractivity contribution in [2.24, 2.45) is 5.92 Å². The lowest BCUT2D eigenvalue weighted by Gasteiger charge is -2.16. The van der Waals surface area contributed by atoms with E-state index in [0.29, 0.717) is 0 Å². The molecule has 0 aliphatic heterocycles. The molecule has 0 aliphatic carbocycles. The topological polar surface area (TPSA) is 66.4 Å². The van der Waals surface area contributed by atoms with Crippen LogP contribution in [0.15, 0.2) is 30.3 Å². The molecule has 1 rings (SSSR count). The van der Waals surface area contributed by atoms with Gasteiger partial charge in [0.1, 0.15) is 0 Å². The summed E-state index contributed by atoms with van der Waals surface area (Å²) in [5.41, 5.74) is 0.806. The fourth-order valence-electron chi connectivity index (χ4n) is 1.75. The Labute approximate surface area is 113 Å². The maximum atomic E-state index is 12.1. The number of hydrogen-bond donors (Lipinski definition) is 2. The molecule has 0 saturated carbocycles. The molecule has 20 heavy (non-hydrogen) atoms. The standard InChI is InChI=1S/C13H14F3NO3/c14-13(15,16)12(20)17-8-10(7-11(18)19)6-9-4-2-1-3-5-9/h1-5,10H,6-8H2,(H,17,20)(H,18,19). The Hall–Kier alpha value is -2.05. The molecule has 0 fully saturated rings. The van der Waals surface area contributed by atoms with Crippen molar-refractivity contribution in [1.82, 2.24) is 5.32 Å². The predicted molar refractivity (Wildman–Crippen MR) is 65.0 cm³/mol. The minimum atomic E-state index is -4.96. The summed E-state index contributed by atoms with van der Waals surface area (Å²) in [5, 5.41) is 10.5. The van der Waals surface area contributed by atoms with Gasteiger partial charge in [-0.15, -0.1) is 0 Å². The molecular formula is C13H14F3NO3. The van der Waals surface area contributed by atoms with Gasteiger partial charge in [0.15, 0.2) is 0 Å². The highest BCUT2D eigenvalue weighted by molar-refractivity contribution is 5.81. The van der Waals surface area contributed by atoms with Crippen LogP contribution < -0.4 is 5.32 Å². The van der Waals surface area contributed by atoms with Crippen molar-refractivity contribution in [2.45, 2.75) is 19.0 Å². The molecule has 2 N–H and O–H groups in total. The summed E-state index contributed by atoms with van der Waals surface area (Å²) in [4.78, 5) is 21.4. The number of hydrogen-bond acceptors (Lipinski definition) is 2. The Bertz CT molecular complexity index is 460. The van der Waals surface area contributed by atoms with Crippen LogP contribution in [0.3, 0.4) is 0 Å². The minimum Gasteiger partial charge on any atom is -0.481 e. The average molecular weight is 289 g/mol. The Morgan fingerprint density at radius 3 is 2.30 bits per heavy atom. The van der Waals surface area contributed by atoms with Crippen LogP contribution in [-0.4, -0.2) is 29.7 Å². The van der Waals surface area contributed by atoms with Crippen LogP contribution in [0.1, 0.15) is 12.0 Å². The first-order valence-electron chi connectivity index (χ1n) is 5.89. The van der Waals surface area contributed by atoms with Gasteiger partial charge in [0.05, 0.1) is 6.42 Å². The molecule has 0 aliphatic rings. The second kappa shape index (κ2) is 6.93. The largest absolute Gasteiger partial charge is 0.481 e. The maximum Gasteiger partial charge on any atom is 0.471 e. The van der Waals surface area contributed by atoms with Gasteiger partial charge in [0, 0.05) is 6.54 Å². The Morgan fingerprint density at radius 1 is 1.20 bits per heavy atom. The molecule has 0 spiro atoms. The summed E-state index contributed by atoms with van der Waals surface area (Å²) in [6.45, 7) is -0.334. The summed E-state index contributed by atoms with van der Waals surface area (Å²) < 4.78 is 36.2. The van der Waals surface area contributed by atoms with Crippen molar-refractivity contribution >= 4 is 11.9 Å². The number of carbonyl (C=O) groups excluding carboxylic acids is 1. The van der Waals surface area contributed by atoms with Gasteiger partial charge >= 0.3 is 18.1 Å². The highest BCUT2D eigenvalue weighted by Gasteiger charge is 2.38. The van der Waals surface area contributed by atoms with Crippen LogP contribution in [0.25, 0.3) is 0 Å². The van der Waals surface area contributed by atoms with Crippen molar-refractivity contribution in [1.29, 1.82) is 0 Å². The number of rotatable bonds is 6.